The summed E-state index contributed by atoms with van der Waals surface area (Å²) in [6.07, 6.45) is 4.09. The number of aromatic nitrogens is 1. The molecule has 1 N–H and O–H groups in total. The summed E-state index contributed by atoms with van der Waals surface area (Å²) in [5.41, 5.74) is 0.321. The standard InChI is InChI=1S/C15H17NO3S/c1-19-10-4-5-11-12(8-10)20-13(16-11)9-15(14(17)18)6-2-3-7-15/h4-5,8H,2-3,6-7,9H2,1H3,(H,17,18). The highest BCUT2D eigenvalue weighted by Gasteiger charge is 2.42. The van der Waals surface area contributed by atoms with Gasteiger partial charge in [-0.1, -0.05) is 12.8 Å². The lowest BCUT2D eigenvalue weighted by molar-refractivity contribution is -0.148. The Kier molecular flexibility index (Phi) is 3.38. The molecule has 2 aromatic rings. The summed E-state index contributed by atoms with van der Waals surface area (Å²) in [5.74, 6) is 0.133. The fraction of sp³-hybridized carbons (Fsp3) is 0.467. The first-order valence-corrected chi connectivity index (χ1v) is 7.61. The highest BCUT2D eigenvalue weighted by Crippen LogP contribution is 2.42. The predicted molar refractivity (Wildman–Crippen MR) is 78.4 cm³/mol. The molecule has 1 aromatic carbocycles. The number of rotatable bonds is 4. The molecule has 3 rings (SSSR count). The highest BCUT2D eigenvalue weighted by atomic mass is 32.1. The molecule has 0 radical (unpaired) electrons. The van der Waals surface area contributed by atoms with E-state index in [1.54, 1.807) is 18.4 Å². The van der Waals surface area contributed by atoms with Crippen molar-refractivity contribution >= 4 is 27.5 Å². The summed E-state index contributed by atoms with van der Waals surface area (Å²) in [6.45, 7) is 0. The number of benzene rings is 1. The molecule has 0 unspecified atom stereocenters. The van der Waals surface area contributed by atoms with Crippen LogP contribution in [0.3, 0.4) is 0 Å². The zero-order chi connectivity index (χ0) is 14.2. The van der Waals surface area contributed by atoms with E-state index in [-0.39, 0.29) is 0 Å². The van der Waals surface area contributed by atoms with Crippen LogP contribution < -0.4 is 4.74 Å². The van der Waals surface area contributed by atoms with Crippen molar-refractivity contribution in [3.8, 4) is 5.75 Å². The number of hydrogen-bond acceptors (Lipinski definition) is 4. The Morgan fingerprint density at radius 3 is 2.85 bits per heavy atom. The molecule has 1 aliphatic rings. The predicted octanol–water partition coefficient (Wildman–Crippen LogP) is 3.49. The number of carbonyl (C=O) groups is 1. The number of carboxylic acid groups (broad SMARTS) is 1. The molecule has 5 heteroatoms. The Morgan fingerprint density at radius 2 is 2.20 bits per heavy atom. The van der Waals surface area contributed by atoms with Crippen LogP contribution in [-0.2, 0) is 11.2 Å². The van der Waals surface area contributed by atoms with Crippen LogP contribution in [0.4, 0.5) is 0 Å². The molecule has 1 heterocycles. The molecule has 0 bridgehead atoms. The molecule has 0 saturated heterocycles. The van der Waals surface area contributed by atoms with Gasteiger partial charge in [0, 0.05) is 6.42 Å². The Morgan fingerprint density at radius 1 is 1.45 bits per heavy atom. The number of ether oxygens (including phenoxy) is 1. The van der Waals surface area contributed by atoms with Gasteiger partial charge in [0.15, 0.2) is 0 Å². The van der Waals surface area contributed by atoms with E-state index in [9.17, 15) is 9.90 Å². The van der Waals surface area contributed by atoms with Crippen LogP contribution in [0.1, 0.15) is 30.7 Å². The highest BCUT2D eigenvalue weighted by molar-refractivity contribution is 7.18. The van der Waals surface area contributed by atoms with E-state index in [2.05, 4.69) is 4.98 Å². The number of thiazole rings is 1. The molecular weight excluding hydrogens is 274 g/mol. The van der Waals surface area contributed by atoms with Gasteiger partial charge in [-0.2, -0.15) is 0 Å². The van der Waals surface area contributed by atoms with Crippen LogP contribution in [0.5, 0.6) is 5.75 Å². The maximum Gasteiger partial charge on any atom is 0.310 e. The Balaban J connectivity index is 1.92. The van der Waals surface area contributed by atoms with Gasteiger partial charge < -0.3 is 9.84 Å². The van der Waals surface area contributed by atoms with Gasteiger partial charge in [0.05, 0.1) is 27.7 Å². The van der Waals surface area contributed by atoms with Crippen LogP contribution >= 0.6 is 11.3 Å². The van der Waals surface area contributed by atoms with E-state index in [1.165, 1.54) is 0 Å². The normalized spacial score (nSPS) is 17.4. The minimum atomic E-state index is -0.674. The van der Waals surface area contributed by atoms with Gasteiger partial charge in [0.25, 0.3) is 0 Å². The summed E-state index contributed by atoms with van der Waals surface area (Å²) >= 11 is 1.58. The molecule has 0 amide bonds. The minimum Gasteiger partial charge on any atom is -0.497 e. The molecule has 1 aromatic heterocycles. The second-order valence-electron chi connectivity index (χ2n) is 5.41. The summed E-state index contributed by atoms with van der Waals surface area (Å²) in [6, 6.07) is 5.77. The second-order valence-corrected chi connectivity index (χ2v) is 6.53. The quantitative estimate of drug-likeness (QED) is 0.936. The van der Waals surface area contributed by atoms with E-state index < -0.39 is 11.4 Å². The second kappa shape index (κ2) is 5.05. The van der Waals surface area contributed by atoms with Crippen molar-refractivity contribution in [1.29, 1.82) is 0 Å². The number of methoxy groups -OCH3 is 1. The van der Waals surface area contributed by atoms with Gasteiger partial charge in [-0.3, -0.25) is 4.79 Å². The molecule has 0 atom stereocenters. The third kappa shape index (κ3) is 2.26. The van der Waals surface area contributed by atoms with Crippen LogP contribution in [0.2, 0.25) is 0 Å². The average molecular weight is 291 g/mol. The molecule has 4 nitrogen and oxygen atoms in total. The summed E-state index contributed by atoms with van der Waals surface area (Å²) in [4.78, 5) is 16.2. The Labute approximate surface area is 121 Å². The molecule has 20 heavy (non-hydrogen) atoms. The zero-order valence-corrected chi connectivity index (χ0v) is 12.2. The van der Waals surface area contributed by atoms with Crippen LogP contribution in [-0.4, -0.2) is 23.2 Å². The van der Waals surface area contributed by atoms with Gasteiger partial charge in [0.1, 0.15) is 5.75 Å². The molecule has 0 spiro atoms. The Hall–Kier alpha value is -1.62. The third-order valence-electron chi connectivity index (χ3n) is 4.14. The molecule has 106 valence electrons. The summed E-state index contributed by atoms with van der Waals surface area (Å²) < 4.78 is 6.26. The smallest absolute Gasteiger partial charge is 0.310 e. The molecule has 1 fully saturated rings. The molecule has 0 aliphatic heterocycles. The van der Waals surface area contributed by atoms with Crippen LogP contribution in [0.25, 0.3) is 10.2 Å². The first-order valence-electron chi connectivity index (χ1n) is 6.80. The van der Waals surface area contributed by atoms with Crippen LogP contribution in [0.15, 0.2) is 18.2 Å². The largest absolute Gasteiger partial charge is 0.497 e. The van der Waals surface area contributed by atoms with Gasteiger partial charge >= 0.3 is 5.97 Å². The maximum absolute atomic E-state index is 11.6. The lowest BCUT2D eigenvalue weighted by atomic mass is 9.83. The van der Waals surface area contributed by atoms with Crippen molar-refractivity contribution in [2.24, 2.45) is 5.41 Å². The van der Waals surface area contributed by atoms with Crippen LogP contribution in [0, 0.1) is 5.41 Å². The van der Waals surface area contributed by atoms with Crippen molar-refractivity contribution in [2.75, 3.05) is 7.11 Å². The lowest BCUT2D eigenvalue weighted by Gasteiger charge is -2.21. The van der Waals surface area contributed by atoms with Gasteiger partial charge in [-0.05, 0) is 31.0 Å². The number of nitrogens with zero attached hydrogens (tertiary/aromatic N) is 1. The minimum absolute atomic E-state index is 0.546. The first kappa shape index (κ1) is 13.4. The summed E-state index contributed by atoms with van der Waals surface area (Å²) in [5, 5.41) is 10.5. The topological polar surface area (TPSA) is 59.4 Å². The number of fused-ring (bicyclic) bond motifs is 1. The Bertz CT molecular complexity index is 644. The van der Waals surface area contributed by atoms with E-state index in [1.807, 2.05) is 18.2 Å². The molecule has 1 aliphatic carbocycles. The van der Waals surface area contributed by atoms with Gasteiger partial charge in [-0.25, -0.2) is 4.98 Å². The van der Waals surface area contributed by atoms with Crippen molar-refractivity contribution in [3.05, 3.63) is 23.2 Å². The number of carboxylic acids is 1. The molecular formula is C15H17NO3S. The van der Waals surface area contributed by atoms with E-state index >= 15 is 0 Å². The van der Waals surface area contributed by atoms with Crippen molar-refractivity contribution in [1.82, 2.24) is 4.98 Å². The third-order valence-corrected chi connectivity index (χ3v) is 5.16. The average Bonchev–Trinajstić information content (AvgIpc) is 3.05. The molecule has 1 saturated carbocycles. The fourth-order valence-corrected chi connectivity index (χ4v) is 4.10. The van der Waals surface area contributed by atoms with Crippen molar-refractivity contribution in [3.63, 3.8) is 0 Å². The monoisotopic (exact) mass is 291 g/mol. The lowest BCUT2D eigenvalue weighted by Crippen LogP contribution is -2.30. The van der Waals surface area contributed by atoms with E-state index in [0.29, 0.717) is 6.42 Å². The van der Waals surface area contributed by atoms with Crippen molar-refractivity contribution in [2.45, 2.75) is 32.1 Å². The van der Waals surface area contributed by atoms with E-state index in [0.717, 1.165) is 46.7 Å². The number of aliphatic carboxylic acids is 1. The van der Waals surface area contributed by atoms with Gasteiger partial charge in [-0.15, -0.1) is 11.3 Å². The van der Waals surface area contributed by atoms with Gasteiger partial charge in [0.2, 0.25) is 0 Å². The van der Waals surface area contributed by atoms with Crippen molar-refractivity contribution < 1.29 is 14.6 Å². The maximum atomic E-state index is 11.6. The van der Waals surface area contributed by atoms with E-state index in [4.69, 9.17) is 4.74 Å². The fourth-order valence-electron chi connectivity index (χ4n) is 2.96. The summed E-state index contributed by atoms with van der Waals surface area (Å²) in [7, 11) is 1.64. The first-order chi connectivity index (χ1) is 9.63. The number of hydrogen-bond donors (Lipinski definition) is 1. The zero-order valence-electron chi connectivity index (χ0n) is 11.4. The SMILES string of the molecule is COc1ccc2nc(CC3(C(=O)O)CCCC3)sc2c1.